The summed E-state index contributed by atoms with van der Waals surface area (Å²) in [5.41, 5.74) is 3.45. The molecule has 0 aliphatic heterocycles. The summed E-state index contributed by atoms with van der Waals surface area (Å²) in [4.78, 5) is 0. The number of benzene rings is 3. The van der Waals surface area contributed by atoms with E-state index in [9.17, 15) is 0 Å². The minimum Gasteiger partial charge on any atom is -0.508 e. The highest BCUT2D eigenvalue weighted by atomic mass is 16.3. The fourth-order valence-electron chi connectivity index (χ4n) is 2.76. The maximum Gasteiger partial charge on any atom is 0.115 e. The van der Waals surface area contributed by atoms with Crippen LogP contribution in [0, 0.1) is 0 Å². The summed E-state index contributed by atoms with van der Waals surface area (Å²) in [5, 5.41) is 11.4. The number of hydrogen-bond donors (Lipinski definition) is 1. The molecule has 1 N–H and O–H groups in total. The number of hydrogen-bond acceptors (Lipinski definition) is 1. The summed E-state index contributed by atoms with van der Waals surface area (Å²) in [5.74, 6) is 0.292. The molecule has 0 fully saturated rings. The SMILES string of the molecule is C=Cc1ccc(O)cc1.C=Cn1c2ccccc2c2ccccc21. The average Bonchev–Trinajstić information content (AvgIpc) is 2.97. The van der Waals surface area contributed by atoms with Crippen molar-refractivity contribution < 1.29 is 5.11 Å². The van der Waals surface area contributed by atoms with Crippen LogP contribution in [0.4, 0.5) is 0 Å². The van der Waals surface area contributed by atoms with Crippen molar-refractivity contribution in [2.75, 3.05) is 0 Å². The predicted molar refractivity (Wildman–Crippen MR) is 104 cm³/mol. The van der Waals surface area contributed by atoms with Gasteiger partial charge in [-0.15, -0.1) is 0 Å². The minimum atomic E-state index is 0.292. The van der Waals surface area contributed by atoms with E-state index in [1.54, 1.807) is 18.2 Å². The lowest BCUT2D eigenvalue weighted by Crippen LogP contribution is -1.82. The van der Waals surface area contributed by atoms with Gasteiger partial charge in [-0.1, -0.05) is 67.8 Å². The molecule has 24 heavy (non-hydrogen) atoms. The molecule has 0 saturated heterocycles. The van der Waals surface area contributed by atoms with E-state index in [0.29, 0.717) is 5.75 Å². The summed E-state index contributed by atoms with van der Waals surface area (Å²) < 4.78 is 2.13. The molecule has 4 rings (SSSR count). The van der Waals surface area contributed by atoms with Crippen molar-refractivity contribution in [3.63, 3.8) is 0 Å². The zero-order chi connectivity index (χ0) is 16.9. The molecule has 0 aliphatic carbocycles. The molecule has 118 valence electrons. The Morgan fingerprint density at radius 1 is 0.708 bits per heavy atom. The fourth-order valence-corrected chi connectivity index (χ4v) is 2.76. The summed E-state index contributed by atoms with van der Waals surface area (Å²) in [7, 11) is 0. The van der Waals surface area contributed by atoms with Crippen molar-refractivity contribution in [2.24, 2.45) is 0 Å². The molecule has 0 spiro atoms. The van der Waals surface area contributed by atoms with Crippen LogP contribution in [0.5, 0.6) is 5.75 Å². The molecule has 0 atom stereocenters. The number of aromatic nitrogens is 1. The quantitative estimate of drug-likeness (QED) is 0.487. The molecule has 0 aliphatic rings. The van der Waals surface area contributed by atoms with E-state index in [1.807, 2.05) is 18.3 Å². The molecule has 1 heterocycles. The first kappa shape index (κ1) is 15.6. The van der Waals surface area contributed by atoms with Crippen molar-refractivity contribution in [2.45, 2.75) is 0 Å². The Bertz CT molecular complexity index is 940. The number of phenolic OH excluding ortho intramolecular Hbond substituents is 1. The highest BCUT2D eigenvalue weighted by molar-refractivity contribution is 6.09. The highest BCUT2D eigenvalue weighted by Gasteiger charge is 2.06. The van der Waals surface area contributed by atoms with Gasteiger partial charge in [0.05, 0.1) is 11.0 Å². The first-order valence-corrected chi connectivity index (χ1v) is 7.76. The minimum absolute atomic E-state index is 0.292. The number of fused-ring (bicyclic) bond motifs is 3. The number of aromatic hydroxyl groups is 1. The van der Waals surface area contributed by atoms with Gasteiger partial charge >= 0.3 is 0 Å². The standard InChI is InChI=1S/C14H11N.C8H8O/c1-2-15-13-9-5-3-7-11(13)12-8-4-6-10-14(12)15;1-2-7-3-5-8(9)6-4-7/h2-10H,1H2;2-6,9H,1H2. The van der Waals surface area contributed by atoms with Gasteiger partial charge in [0.1, 0.15) is 5.75 Å². The van der Waals surface area contributed by atoms with Crippen LogP contribution < -0.4 is 0 Å². The van der Waals surface area contributed by atoms with Crippen LogP contribution in [0.25, 0.3) is 34.1 Å². The third-order valence-corrected chi connectivity index (χ3v) is 3.93. The van der Waals surface area contributed by atoms with Crippen LogP contribution in [0.2, 0.25) is 0 Å². The third kappa shape index (κ3) is 2.95. The number of para-hydroxylation sites is 2. The van der Waals surface area contributed by atoms with E-state index in [1.165, 1.54) is 21.8 Å². The van der Waals surface area contributed by atoms with Crippen LogP contribution >= 0.6 is 0 Å². The molecular weight excluding hydrogens is 294 g/mol. The van der Waals surface area contributed by atoms with Gasteiger partial charge < -0.3 is 9.67 Å². The summed E-state index contributed by atoms with van der Waals surface area (Å²) in [6.45, 7) is 7.45. The number of rotatable bonds is 2. The summed E-state index contributed by atoms with van der Waals surface area (Å²) >= 11 is 0. The molecule has 0 saturated carbocycles. The molecule has 0 amide bonds. The van der Waals surface area contributed by atoms with Gasteiger partial charge in [0, 0.05) is 17.0 Å². The van der Waals surface area contributed by atoms with Gasteiger partial charge in [-0.05, 0) is 29.8 Å². The van der Waals surface area contributed by atoms with Gasteiger partial charge in [0.25, 0.3) is 0 Å². The van der Waals surface area contributed by atoms with Crippen LogP contribution in [0.3, 0.4) is 0 Å². The lowest BCUT2D eigenvalue weighted by Gasteiger charge is -1.97. The molecule has 0 bridgehead atoms. The zero-order valence-corrected chi connectivity index (χ0v) is 13.4. The maximum atomic E-state index is 8.82. The Kier molecular flexibility index (Phi) is 4.48. The van der Waals surface area contributed by atoms with Crippen LogP contribution in [0.15, 0.2) is 86.0 Å². The van der Waals surface area contributed by atoms with Crippen molar-refractivity contribution in [1.82, 2.24) is 4.57 Å². The number of phenols is 1. The predicted octanol–water partition coefficient (Wildman–Crippen LogP) is 5.93. The molecule has 0 unspecified atom stereocenters. The third-order valence-electron chi connectivity index (χ3n) is 3.93. The fraction of sp³-hybridized carbons (Fsp3) is 0. The Labute approximate surface area is 141 Å². The first-order chi connectivity index (χ1) is 11.7. The monoisotopic (exact) mass is 313 g/mol. The molecule has 4 aromatic rings. The van der Waals surface area contributed by atoms with Crippen LogP contribution in [-0.4, -0.2) is 9.67 Å². The first-order valence-electron chi connectivity index (χ1n) is 7.76. The topological polar surface area (TPSA) is 25.2 Å². The van der Waals surface area contributed by atoms with E-state index in [-0.39, 0.29) is 0 Å². The molecule has 3 aromatic carbocycles. The van der Waals surface area contributed by atoms with Gasteiger partial charge in [-0.25, -0.2) is 0 Å². The Morgan fingerprint density at radius 3 is 1.67 bits per heavy atom. The second-order valence-corrected chi connectivity index (χ2v) is 5.38. The Hall–Kier alpha value is -3.26. The van der Waals surface area contributed by atoms with Crippen LogP contribution in [0.1, 0.15) is 5.56 Å². The van der Waals surface area contributed by atoms with E-state index in [0.717, 1.165) is 5.56 Å². The average molecular weight is 313 g/mol. The van der Waals surface area contributed by atoms with E-state index in [4.69, 9.17) is 5.11 Å². The highest BCUT2D eigenvalue weighted by Crippen LogP contribution is 2.28. The van der Waals surface area contributed by atoms with Crippen LogP contribution in [-0.2, 0) is 0 Å². The molecule has 0 radical (unpaired) electrons. The van der Waals surface area contributed by atoms with Crippen molar-refractivity contribution in [1.29, 1.82) is 0 Å². The van der Waals surface area contributed by atoms with Gasteiger partial charge in [-0.3, -0.25) is 0 Å². The van der Waals surface area contributed by atoms with Gasteiger partial charge in [0.15, 0.2) is 0 Å². The van der Waals surface area contributed by atoms with Gasteiger partial charge in [-0.2, -0.15) is 0 Å². The molecule has 1 aromatic heterocycles. The number of nitrogens with zero attached hydrogens (tertiary/aromatic N) is 1. The lowest BCUT2D eigenvalue weighted by atomic mass is 10.2. The van der Waals surface area contributed by atoms with Gasteiger partial charge in [0.2, 0.25) is 0 Å². The zero-order valence-electron chi connectivity index (χ0n) is 13.4. The lowest BCUT2D eigenvalue weighted by molar-refractivity contribution is 0.475. The van der Waals surface area contributed by atoms with E-state index in [2.05, 4.69) is 66.3 Å². The van der Waals surface area contributed by atoms with Crippen molar-refractivity contribution >= 4 is 34.1 Å². The Balaban J connectivity index is 0.000000162. The molecule has 2 heteroatoms. The van der Waals surface area contributed by atoms with Crippen molar-refractivity contribution in [3.05, 3.63) is 91.5 Å². The maximum absolute atomic E-state index is 8.82. The summed E-state index contributed by atoms with van der Waals surface area (Å²) in [6, 6.07) is 23.7. The summed E-state index contributed by atoms with van der Waals surface area (Å²) in [6.07, 6.45) is 3.60. The Morgan fingerprint density at radius 2 is 1.21 bits per heavy atom. The second-order valence-electron chi connectivity index (χ2n) is 5.38. The second kappa shape index (κ2) is 6.88. The molecule has 2 nitrogen and oxygen atoms in total. The van der Waals surface area contributed by atoms with Crippen molar-refractivity contribution in [3.8, 4) is 5.75 Å². The molecular formula is C22H19NO. The largest absolute Gasteiger partial charge is 0.508 e. The smallest absolute Gasteiger partial charge is 0.115 e. The van der Waals surface area contributed by atoms with E-state index < -0.39 is 0 Å². The van der Waals surface area contributed by atoms with E-state index >= 15 is 0 Å². The normalized spacial score (nSPS) is 10.2.